The van der Waals surface area contributed by atoms with Crippen LogP contribution in [0.15, 0.2) is 103 Å². The summed E-state index contributed by atoms with van der Waals surface area (Å²) in [5.74, 6) is -11.9. The molecule has 4 aromatic carbocycles. The predicted octanol–water partition coefficient (Wildman–Crippen LogP) is 14.0. The van der Waals surface area contributed by atoms with E-state index >= 15 is 0 Å². The number of rotatable bonds is 11. The van der Waals surface area contributed by atoms with Crippen molar-refractivity contribution in [3.05, 3.63) is 125 Å². The van der Waals surface area contributed by atoms with Crippen LogP contribution in [0.5, 0.6) is 23.0 Å². The summed E-state index contributed by atoms with van der Waals surface area (Å²) in [7, 11) is 6.19. The number of hydrogen-bond acceptors (Lipinski definition) is 9. The second-order valence-electron chi connectivity index (χ2n) is 21.2. The molecule has 5 aliphatic rings. The van der Waals surface area contributed by atoms with Gasteiger partial charge in [0.2, 0.25) is 23.7 Å². The van der Waals surface area contributed by atoms with E-state index in [-0.39, 0.29) is 125 Å². The molecule has 3 saturated carbocycles. The first-order valence-electron chi connectivity index (χ1n) is 27.4. The number of halogens is 10. The number of hydrogen-bond donors (Lipinski definition) is 2. The average molecular weight is 1170 g/mol. The van der Waals surface area contributed by atoms with Crippen LogP contribution in [-0.2, 0) is 38.4 Å². The van der Waals surface area contributed by atoms with Crippen LogP contribution in [0.2, 0.25) is 0 Å². The molecule has 0 spiro atoms. The number of carbonyl (C=O) groups is 4. The van der Waals surface area contributed by atoms with E-state index in [0.29, 0.717) is 55.0 Å². The van der Waals surface area contributed by atoms with Crippen LogP contribution in [0.1, 0.15) is 125 Å². The van der Waals surface area contributed by atoms with Gasteiger partial charge in [-0.2, -0.15) is 0 Å². The van der Waals surface area contributed by atoms with Crippen molar-refractivity contribution >= 4 is 29.3 Å². The highest BCUT2D eigenvalue weighted by molar-refractivity contribution is 6.00. The van der Waals surface area contributed by atoms with Gasteiger partial charge in [-0.05, 0) is 79.3 Å². The molecule has 2 N–H and O–H groups in total. The summed E-state index contributed by atoms with van der Waals surface area (Å²) >= 11 is 0. The lowest BCUT2D eigenvalue weighted by Crippen LogP contribution is -2.36. The van der Waals surface area contributed by atoms with Crippen molar-refractivity contribution in [2.45, 2.75) is 164 Å². The number of allylic oxidation sites excluding steroid dienone is 1. The van der Waals surface area contributed by atoms with Crippen molar-refractivity contribution in [3.63, 3.8) is 0 Å². The molecule has 2 aliphatic heterocycles. The smallest absolute Gasteiger partial charge is 0.252 e. The maximum Gasteiger partial charge on any atom is 0.252 e. The molecule has 3 unspecified atom stereocenters. The Bertz CT molecular complexity index is 2740. The zero-order valence-electron chi connectivity index (χ0n) is 46.7. The minimum atomic E-state index is -2.79. The number of alkyl halides is 10. The summed E-state index contributed by atoms with van der Waals surface area (Å²) in [5, 5.41) is 5.86. The predicted molar refractivity (Wildman–Crippen MR) is 292 cm³/mol. The zero-order valence-corrected chi connectivity index (χ0v) is 46.7. The summed E-state index contributed by atoms with van der Waals surface area (Å²) in [6.45, 7) is 0.662. The summed E-state index contributed by atoms with van der Waals surface area (Å²) in [6, 6.07) is 28.4. The van der Waals surface area contributed by atoms with E-state index in [4.69, 9.17) is 18.9 Å². The van der Waals surface area contributed by atoms with Crippen LogP contribution in [0.4, 0.5) is 43.9 Å². The highest BCUT2D eigenvalue weighted by atomic mass is 19.3. The topological polar surface area (TPSA) is 129 Å². The minimum absolute atomic E-state index is 0.0115. The Labute approximate surface area is 473 Å². The first kappa shape index (κ1) is 66.4. The van der Waals surface area contributed by atoms with Gasteiger partial charge in [-0.1, -0.05) is 72.8 Å². The van der Waals surface area contributed by atoms with Crippen LogP contribution in [-0.4, -0.2) is 99.9 Å². The normalized spacial score (nSPS) is 22.9. The van der Waals surface area contributed by atoms with E-state index in [2.05, 4.69) is 10.6 Å². The van der Waals surface area contributed by atoms with Crippen LogP contribution in [0.3, 0.4) is 0 Å². The number of nitrogens with one attached hydrogen (secondary N) is 2. The molecule has 3 aliphatic carbocycles. The maximum atomic E-state index is 13.5. The van der Waals surface area contributed by atoms with E-state index in [1.165, 1.54) is 20.3 Å². The number of carbonyl (C=O) groups excluding carboxylic acids is 4. The van der Waals surface area contributed by atoms with Gasteiger partial charge in [0.15, 0.2) is 5.78 Å². The van der Waals surface area contributed by atoms with Crippen molar-refractivity contribution in [2.75, 3.05) is 35.0 Å². The highest BCUT2D eigenvalue weighted by Crippen LogP contribution is 2.39. The molecule has 1 amide bonds. The summed E-state index contributed by atoms with van der Waals surface area (Å²) in [5.41, 5.74) is 3.45. The van der Waals surface area contributed by atoms with Crippen molar-refractivity contribution in [1.29, 1.82) is 0 Å². The van der Waals surface area contributed by atoms with E-state index in [0.717, 1.165) is 22.4 Å². The second kappa shape index (κ2) is 30.7. The molecule has 5 fully saturated rings. The third-order valence-corrected chi connectivity index (χ3v) is 14.6. The molecule has 0 bridgehead atoms. The monoisotopic (exact) mass is 1160 g/mol. The van der Waals surface area contributed by atoms with E-state index < -0.39 is 48.0 Å². The molecule has 450 valence electrons. The van der Waals surface area contributed by atoms with Crippen LogP contribution in [0.25, 0.3) is 6.08 Å². The number of para-hydroxylation sites is 4. The minimum Gasteiger partial charge on any atom is -0.496 e. The van der Waals surface area contributed by atoms with Crippen molar-refractivity contribution in [3.8, 4) is 23.0 Å². The lowest BCUT2D eigenvalue weighted by atomic mass is 9.81. The van der Waals surface area contributed by atoms with Crippen LogP contribution < -0.4 is 29.6 Å². The first-order valence-corrected chi connectivity index (χ1v) is 27.4. The van der Waals surface area contributed by atoms with Gasteiger partial charge in [-0.25, -0.2) is 43.9 Å². The number of benzene rings is 4. The number of Topliss-reactive ketones (excluding diaryl/α,β-unsaturated/α-hetero) is 3. The average Bonchev–Trinajstić information content (AvgIpc) is 3.76. The van der Waals surface area contributed by atoms with Gasteiger partial charge in [0.25, 0.3) is 11.8 Å². The van der Waals surface area contributed by atoms with Gasteiger partial charge in [0.1, 0.15) is 34.6 Å². The SMILES string of the molecule is COc1ccccc1/C=C1\CC(F)(F)CCC1=O.COc1ccccc1CC1CC(F)(F)CCC(=O)N1.COc1ccccc1CC1CC(F)(F)CCC1=O.COc1ccccc1CC1CC(F)(F)CCCN1.O=C1CCC(F)(F)CC1. The Morgan fingerprint density at radius 1 is 0.476 bits per heavy atom. The number of ketones is 3. The lowest BCUT2D eigenvalue weighted by molar-refractivity contribution is -0.135. The van der Waals surface area contributed by atoms with Crippen molar-refractivity contribution in [2.24, 2.45) is 5.92 Å². The van der Waals surface area contributed by atoms with Gasteiger partial charge >= 0.3 is 0 Å². The molecule has 0 aromatic heterocycles. The van der Waals surface area contributed by atoms with Gasteiger partial charge in [-0.3, -0.25) is 19.2 Å². The molecular formula is C62H74F10N2O8. The van der Waals surface area contributed by atoms with Gasteiger partial charge in [0.05, 0.1) is 28.4 Å². The Kier molecular flexibility index (Phi) is 24.9. The van der Waals surface area contributed by atoms with Gasteiger partial charge in [-0.15, -0.1) is 0 Å². The Balaban J connectivity index is 0.000000191. The molecular weight excluding hydrogens is 1090 g/mol. The van der Waals surface area contributed by atoms with Gasteiger partial charge < -0.3 is 29.6 Å². The maximum absolute atomic E-state index is 13.5. The molecule has 2 saturated heterocycles. The van der Waals surface area contributed by atoms with E-state index in [1.807, 2.05) is 60.7 Å². The Morgan fingerprint density at radius 2 is 0.915 bits per heavy atom. The molecule has 9 rings (SSSR count). The fourth-order valence-electron chi connectivity index (χ4n) is 10.2. The van der Waals surface area contributed by atoms with E-state index in [1.54, 1.807) is 50.6 Å². The number of amides is 1. The summed E-state index contributed by atoms with van der Waals surface area (Å²) in [6.07, 6.45) is 0.434. The number of methoxy groups -OCH3 is 4. The van der Waals surface area contributed by atoms with Crippen molar-refractivity contribution in [1.82, 2.24) is 10.6 Å². The zero-order chi connectivity index (χ0) is 60.1. The Hall–Kier alpha value is -6.44. The largest absolute Gasteiger partial charge is 0.496 e. The molecule has 82 heavy (non-hydrogen) atoms. The van der Waals surface area contributed by atoms with Crippen LogP contribution >= 0.6 is 0 Å². The van der Waals surface area contributed by atoms with Crippen LogP contribution in [0, 0.1) is 5.92 Å². The number of ether oxygens (including phenoxy) is 4. The standard InChI is InChI=1S/C14H17F2NO2.C14H19F2NO.C14H16F2O2.C14H14F2O2.C6H8F2O/c1-19-12-5-3-2-4-10(12)8-11-9-14(15,16)7-6-13(18)17-11;1-18-13-6-3-2-5-11(13)9-12-10-14(15,16)7-4-8-17-12;2*1-18-13-5-3-2-4-10(13)8-11-9-14(15,16)7-6-12(11)17;7-6(8)3-1-5(9)2-4-6/h2-5,11H,6-9H2,1H3,(H,17,18);2-3,5-6,12,17H,4,7-10H2,1H3;2-5,11H,6-9H2,1H3;2-5,8H,6-7,9H2,1H3;1-4H2/b;;;11-8+;. The highest BCUT2D eigenvalue weighted by Gasteiger charge is 2.42. The third-order valence-electron chi connectivity index (χ3n) is 14.6. The molecule has 20 heteroatoms. The quantitative estimate of drug-likeness (QED) is 0.111. The third kappa shape index (κ3) is 22.4. The van der Waals surface area contributed by atoms with Crippen molar-refractivity contribution < 1.29 is 82.0 Å². The molecule has 2 heterocycles. The van der Waals surface area contributed by atoms with E-state index in [9.17, 15) is 63.1 Å². The second-order valence-corrected chi connectivity index (χ2v) is 21.2. The molecule has 4 aromatic rings. The molecule has 3 atom stereocenters. The fourth-order valence-corrected chi connectivity index (χ4v) is 10.2. The Morgan fingerprint density at radius 3 is 1.46 bits per heavy atom. The summed E-state index contributed by atoms with van der Waals surface area (Å²) < 4.78 is 153. The fraction of sp³-hybridized carbons (Fsp3) is 0.516. The molecule has 10 nitrogen and oxygen atoms in total. The van der Waals surface area contributed by atoms with Gasteiger partial charge in [0, 0.05) is 125 Å². The molecule has 0 radical (unpaired) electrons. The lowest BCUT2D eigenvalue weighted by Gasteiger charge is -2.28. The first-order chi connectivity index (χ1) is 38.7. The summed E-state index contributed by atoms with van der Waals surface area (Å²) in [4.78, 5) is 45.2.